The summed E-state index contributed by atoms with van der Waals surface area (Å²) in [6.45, 7) is 5.23. The molecule has 0 unspecified atom stereocenters. The molecule has 2 aliphatic heterocycles. The van der Waals surface area contributed by atoms with Gasteiger partial charge in [-0.2, -0.15) is 21.5 Å². The second kappa shape index (κ2) is 10.4. The molecule has 0 bridgehead atoms. The standard InChI is InChI=1S/C29H29N5O2S/c1-21-6-5-7-22(16-21)29-25(18-33(31-29)24-8-3-2-4-9-24)27-17-26(23-10-15-37-20-23)30-34(27)28(35)19-32-11-13-36-14-12-32/h2-10,15-16,18,20,27H,11-14,17,19H2,1H3/t27-/m0/s1. The first-order valence-electron chi connectivity index (χ1n) is 12.6. The van der Waals surface area contributed by atoms with E-state index in [0.29, 0.717) is 26.2 Å². The van der Waals surface area contributed by atoms with Crippen LogP contribution in [0.15, 0.2) is 82.7 Å². The zero-order chi connectivity index (χ0) is 25.2. The highest BCUT2D eigenvalue weighted by atomic mass is 32.1. The summed E-state index contributed by atoms with van der Waals surface area (Å²) < 4.78 is 7.40. The molecule has 1 fully saturated rings. The Balaban J connectivity index is 1.42. The third-order valence-electron chi connectivity index (χ3n) is 6.90. The lowest BCUT2D eigenvalue weighted by atomic mass is 9.96. The predicted octanol–water partition coefficient (Wildman–Crippen LogP) is 4.92. The second-order valence-corrected chi connectivity index (χ2v) is 10.3. The Morgan fingerprint density at radius 1 is 1.05 bits per heavy atom. The van der Waals surface area contributed by atoms with E-state index in [1.165, 1.54) is 5.56 Å². The monoisotopic (exact) mass is 511 g/mol. The number of ether oxygens (including phenoxy) is 1. The quantitative estimate of drug-likeness (QED) is 0.369. The van der Waals surface area contributed by atoms with Crippen molar-refractivity contribution in [3.05, 3.63) is 94.3 Å². The molecule has 188 valence electrons. The Labute approximate surface area is 220 Å². The van der Waals surface area contributed by atoms with Gasteiger partial charge >= 0.3 is 0 Å². The number of rotatable bonds is 6. The fraction of sp³-hybridized carbons (Fsp3) is 0.276. The maximum atomic E-state index is 13.7. The van der Waals surface area contributed by atoms with Crippen LogP contribution in [0.2, 0.25) is 0 Å². The van der Waals surface area contributed by atoms with Crippen molar-refractivity contribution in [1.29, 1.82) is 0 Å². The molecule has 1 amide bonds. The van der Waals surface area contributed by atoms with Crippen molar-refractivity contribution in [3.63, 3.8) is 0 Å². The van der Waals surface area contributed by atoms with Gasteiger partial charge in [0.1, 0.15) is 0 Å². The number of carbonyl (C=O) groups excluding carboxylic acids is 1. The number of nitrogens with zero attached hydrogens (tertiary/aromatic N) is 5. The van der Waals surface area contributed by atoms with Crippen molar-refractivity contribution in [2.24, 2.45) is 5.10 Å². The van der Waals surface area contributed by atoms with Crippen LogP contribution in [0.1, 0.15) is 29.2 Å². The Bertz CT molecular complexity index is 1410. The number of carbonyl (C=O) groups is 1. The van der Waals surface area contributed by atoms with Gasteiger partial charge in [-0.1, -0.05) is 42.0 Å². The zero-order valence-corrected chi connectivity index (χ0v) is 21.6. The van der Waals surface area contributed by atoms with Gasteiger partial charge in [-0.15, -0.1) is 0 Å². The number of benzene rings is 2. The van der Waals surface area contributed by atoms with E-state index in [9.17, 15) is 4.79 Å². The van der Waals surface area contributed by atoms with E-state index in [0.717, 1.165) is 46.9 Å². The van der Waals surface area contributed by atoms with Crippen LogP contribution in [-0.4, -0.2) is 64.2 Å². The minimum atomic E-state index is -0.239. The molecular formula is C29H29N5O2S. The molecule has 0 saturated carbocycles. The summed E-state index contributed by atoms with van der Waals surface area (Å²) >= 11 is 1.64. The van der Waals surface area contributed by atoms with Crippen molar-refractivity contribution in [2.45, 2.75) is 19.4 Å². The largest absolute Gasteiger partial charge is 0.379 e. The van der Waals surface area contributed by atoms with Crippen LogP contribution in [0.25, 0.3) is 16.9 Å². The molecule has 0 radical (unpaired) electrons. The summed E-state index contributed by atoms with van der Waals surface area (Å²) in [4.78, 5) is 15.9. The van der Waals surface area contributed by atoms with E-state index < -0.39 is 0 Å². The number of amides is 1. The first-order valence-corrected chi connectivity index (χ1v) is 13.5. The van der Waals surface area contributed by atoms with E-state index in [1.807, 2.05) is 35.0 Å². The van der Waals surface area contributed by atoms with Crippen LogP contribution in [0.5, 0.6) is 0 Å². The zero-order valence-electron chi connectivity index (χ0n) is 20.8. The van der Waals surface area contributed by atoms with Crippen molar-refractivity contribution < 1.29 is 9.53 Å². The average molecular weight is 512 g/mol. The Hall–Kier alpha value is -3.59. The SMILES string of the molecule is Cc1cccc(-c2nn(-c3ccccc3)cc2[C@@H]2CC(c3ccsc3)=NN2C(=O)CN2CCOCC2)c1. The smallest absolute Gasteiger partial charge is 0.257 e. The van der Waals surface area contributed by atoms with Crippen molar-refractivity contribution in [3.8, 4) is 16.9 Å². The molecule has 4 aromatic rings. The average Bonchev–Trinajstić information content (AvgIpc) is 3.69. The van der Waals surface area contributed by atoms with Crippen LogP contribution in [0.4, 0.5) is 0 Å². The topological polar surface area (TPSA) is 63.0 Å². The maximum Gasteiger partial charge on any atom is 0.257 e. The Kier molecular flexibility index (Phi) is 6.70. The number of aromatic nitrogens is 2. The minimum Gasteiger partial charge on any atom is -0.379 e. The molecule has 0 spiro atoms. The van der Waals surface area contributed by atoms with Gasteiger partial charge in [0.2, 0.25) is 0 Å². The molecule has 0 N–H and O–H groups in total. The summed E-state index contributed by atoms with van der Waals surface area (Å²) in [6, 6.07) is 20.3. The highest BCUT2D eigenvalue weighted by Gasteiger charge is 2.37. The van der Waals surface area contributed by atoms with Crippen LogP contribution < -0.4 is 0 Å². The first-order chi connectivity index (χ1) is 18.2. The van der Waals surface area contributed by atoms with Gasteiger partial charge < -0.3 is 4.74 Å². The van der Waals surface area contributed by atoms with E-state index >= 15 is 0 Å². The van der Waals surface area contributed by atoms with Gasteiger partial charge in [-0.25, -0.2) is 9.69 Å². The summed E-state index contributed by atoms with van der Waals surface area (Å²) in [7, 11) is 0. The molecule has 8 heteroatoms. The molecule has 2 aromatic carbocycles. The molecule has 1 saturated heterocycles. The minimum absolute atomic E-state index is 0.000201. The van der Waals surface area contributed by atoms with Crippen molar-refractivity contribution in [2.75, 3.05) is 32.8 Å². The van der Waals surface area contributed by atoms with Crippen LogP contribution >= 0.6 is 11.3 Å². The van der Waals surface area contributed by atoms with Crippen LogP contribution in [0, 0.1) is 6.92 Å². The molecule has 1 atom stereocenters. The molecule has 4 heterocycles. The van der Waals surface area contributed by atoms with Crippen LogP contribution in [-0.2, 0) is 9.53 Å². The fourth-order valence-corrected chi connectivity index (χ4v) is 5.63. The third-order valence-corrected chi connectivity index (χ3v) is 7.58. The van der Waals surface area contributed by atoms with E-state index in [4.69, 9.17) is 14.9 Å². The van der Waals surface area contributed by atoms with Gasteiger partial charge in [0.05, 0.1) is 42.9 Å². The molecule has 2 aromatic heterocycles. The molecule has 7 nitrogen and oxygen atoms in total. The van der Waals surface area contributed by atoms with Gasteiger partial charge in [-0.05, 0) is 41.9 Å². The van der Waals surface area contributed by atoms with Gasteiger partial charge in [-0.3, -0.25) is 9.69 Å². The summed E-state index contributed by atoms with van der Waals surface area (Å²) in [5, 5.41) is 15.8. The highest BCUT2D eigenvalue weighted by Crippen LogP contribution is 2.38. The summed E-state index contributed by atoms with van der Waals surface area (Å²) in [6.07, 6.45) is 2.71. The van der Waals surface area contributed by atoms with Crippen molar-refractivity contribution in [1.82, 2.24) is 19.7 Å². The first kappa shape index (κ1) is 23.8. The molecule has 6 rings (SSSR count). The number of para-hydroxylation sites is 1. The predicted molar refractivity (Wildman–Crippen MR) is 146 cm³/mol. The summed E-state index contributed by atoms with van der Waals surface area (Å²) in [5.41, 5.74) is 7.07. The molecule has 37 heavy (non-hydrogen) atoms. The number of thiophene rings is 1. The lowest BCUT2D eigenvalue weighted by molar-refractivity contribution is -0.135. The lowest BCUT2D eigenvalue weighted by Crippen LogP contribution is -2.43. The van der Waals surface area contributed by atoms with Gasteiger partial charge in [0.25, 0.3) is 5.91 Å². The normalized spacial score (nSPS) is 18.2. The van der Waals surface area contributed by atoms with Crippen LogP contribution in [0.3, 0.4) is 0 Å². The van der Waals surface area contributed by atoms with E-state index in [2.05, 4.69) is 59.1 Å². The molecule has 2 aliphatic rings. The number of hydrogen-bond acceptors (Lipinski definition) is 6. The highest BCUT2D eigenvalue weighted by molar-refractivity contribution is 7.08. The van der Waals surface area contributed by atoms with Gasteiger partial charge in [0, 0.05) is 42.4 Å². The van der Waals surface area contributed by atoms with E-state index in [-0.39, 0.29) is 11.9 Å². The number of morpholine rings is 1. The van der Waals surface area contributed by atoms with Gasteiger partial charge in [0.15, 0.2) is 0 Å². The Morgan fingerprint density at radius 2 is 1.89 bits per heavy atom. The van der Waals surface area contributed by atoms with E-state index in [1.54, 1.807) is 16.3 Å². The maximum absolute atomic E-state index is 13.7. The summed E-state index contributed by atoms with van der Waals surface area (Å²) in [5.74, 6) is -0.000201. The fourth-order valence-electron chi connectivity index (χ4n) is 4.97. The molecule has 0 aliphatic carbocycles. The number of aryl methyl sites for hydroxylation is 1. The van der Waals surface area contributed by atoms with Crippen molar-refractivity contribution >= 4 is 23.0 Å². The number of hydrogen-bond donors (Lipinski definition) is 0. The third kappa shape index (κ3) is 5.00. The Morgan fingerprint density at radius 3 is 2.65 bits per heavy atom. The lowest BCUT2D eigenvalue weighted by Gasteiger charge is -2.29. The second-order valence-electron chi connectivity index (χ2n) is 9.49. The number of hydrazone groups is 1. The molecular weight excluding hydrogens is 482 g/mol.